The Bertz CT molecular complexity index is 836. The van der Waals surface area contributed by atoms with E-state index in [2.05, 4.69) is 4.99 Å². The Kier molecular flexibility index (Phi) is 3.91. The lowest BCUT2D eigenvalue weighted by molar-refractivity contribution is -0.677. The summed E-state index contributed by atoms with van der Waals surface area (Å²) in [7, 11) is 1.58. The number of Topliss-reactive ketones (excluding diaryl/α,β-unsaturated/α-hetero) is 1. The van der Waals surface area contributed by atoms with Gasteiger partial charge in [-0.05, 0) is 26.7 Å². The fraction of sp³-hybridized carbons (Fsp3) is 0.588. The number of aliphatic imine (C=N–C) groups is 1. The van der Waals surface area contributed by atoms with Crippen LogP contribution < -0.4 is 4.57 Å². The van der Waals surface area contributed by atoms with Crippen LogP contribution in [0.1, 0.15) is 31.5 Å². The summed E-state index contributed by atoms with van der Waals surface area (Å²) < 4.78 is 9.54. The predicted molar refractivity (Wildman–Crippen MR) is 90.0 cm³/mol. The molecule has 2 fully saturated rings. The molecule has 9 heteroatoms. The van der Waals surface area contributed by atoms with Crippen LogP contribution in [0.3, 0.4) is 0 Å². The Morgan fingerprint density at radius 3 is 2.85 bits per heavy atom. The molecule has 0 N–H and O–H groups in total. The molecule has 4 rings (SSSR count). The van der Waals surface area contributed by atoms with Crippen LogP contribution in [0.4, 0.5) is 10.7 Å². The molecular weight excluding hydrogens is 338 g/mol. The number of nitrogens with zero attached hydrogens (tertiary/aromatic N) is 5. The molecule has 3 aliphatic rings. The van der Waals surface area contributed by atoms with Crippen molar-refractivity contribution in [2.24, 2.45) is 4.99 Å². The average Bonchev–Trinajstić information content (AvgIpc) is 3.28. The number of rotatable bonds is 4. The summed E-state index contributed by atoms with van der Waals surface area (Å²) in [5.41, 5.74) is 0.976. The number of ketones is 1. The minimum absolute atomic E-state index is 0.137. The Balaban J connectivity index is 1.72. The number of amidine groups is 1. The highest BCUT2D eigenvalue weighted by atomic mass is 16.5. The van der Waals surface area contributed by atoms with Crippen molar-refractivity contribution in [3.63, 3.8) is 0 Å². The third-order valence-electron chi connectivity index (χ3n) is 5.11. The summed E-state index contributed by atoms with van der Waals surface area (Å²) >= 11 is 0. The number of imide groups is 1. The lowest BCUT2D eigenvalue weighted by Gasteiger charge is -2.32. The molecule has 2 unspecified atom stereocenters. The smallest absolute Gasteiger partial charge is 0.375 e. The van der Waals surface area contributed by atoms with Crippen molar-refractivity contribution in [2.75, 3.05) is 20.2 Å². The minimum Gasteiger partial charge on any atom is -0.375 e. The van der Waals surface area contributed by atoms with E-state index in [1.165, 1.54) is 11.8 Å². The number of urea groups is 1. The zero-order chi connectivity index (χ0) is 18.6. The first kappa shape index (κ1) is 16.9. The van der Waals surface area contributed by atoms with Gasteiger partial charge in [-0.2, -0.15) is 0 Å². The number of amides is 3. The van der Waals surface area contributed by atoms with Gasteiger partial charge in [-0.15, -0.1) is 0 Å². The topological polar surface area (TPSA) is 88.1 Å². The van der Waals surface area contributed by atoms with E-state index in [0.717, 1.165) is 30.0 Å². The van der Waals surface area contributed by atoms with Gasteiger partial charge >= 0.3 is 12.0 Å². The van der Waals surface area contributed by atoms with E-state index in [1.807, 2.05) is 17.7 Å². The van der Waals surface area contributed by atoms with Crippen molar-refractivity contribution in [1.29, 1.82) is 0 Å². The number of imidazole rings is 1. The standard InChI is InChI=1S/C17H22N5O4/c1-10-7-21-13-14(18-16(21)20(10)9-12-5-4-6-26-12)19(3)17(25)22(15(13)24)8-11(2)23/h7,12-13H,4-6,8-9H2,1-3H3/q+1. The van der Waals surface area contributed by atoms with E-state index in [-0.39, 0.29) is 18.4 Å². The van der Waals surface area contributed by atoms with E-state index in [1.54, 1.807) is 11.6 Å². The number of aromatic nitrogens is 2. The molecule has 0 radical (unpaired) electrons. The molecular formula is C17H22N5O4+. The fourth-order valence-corrected chi connectivity index (χ4v) is 3.82. The molecule has 26 heavy (non-hydrogen) atoms. The highest BCUT2D eigenvalue weighted by Gasteiger charge is 2.53. The highest BCUT2D eigenvalue weighted by molar-refractivity contribution is 6.19. The molecule has 4 heterocycles. The minimum atomic E-state index is -0.712. The molecule has 0 aromatic carbocycles. The van der Waals surface area contributed by atoms with Gasteiger partial charge in [0.05, 0.1) is 19.2 Å². The Morgan fingerprint density at radius 2 is 2.19 bits per heavy atom. The molecule has 0 aliphatic carbocycles. The van der Waals surface area contributed by atoms with Crippen LogP contribution >= 0.6 is 0 Å². The Hall–Kier alpha value is -2.55. The van der Waals surface area contributed by atoms with Gasteiger partial charge in [-0.25, -0.2) is 13.9 Å². The molecule has 138 valence electrons. The van der Waals surface area contributed by atoms with E-state index in [0.29, 0.717) is 18.3 Å². The van der Waals surface area contributed by atoms with E-state index in [4.69, 9.17) is 4.74 Å². The molecule has 0 spiro atoms. The maximum Gasteiger partial charge on any atom is 0.402 e. The van der Waals surface area contributed by atoms with Crippen LogP contribution in [0.25, 0.3) is 0 Å². The van der Waals surface area contributed by atoms with E-state index in [9.17, 15) is 14.4 Å². The van der Waals surface area contributed by atoms with Gasteiger partial charge in [0.1, 0.15) is 17.7 Å². The molecule has 1 aromatic rings. The van der Waals surface area contributed by atoms with Gasteiger partial charge in [0.2, 0.25) is 11.9 Å². The molecule has 2 saturated heterocycles. The number of aryl methyl sites for hydroxylation is 1. The monoisotopic (exact) mass is 360 g/mol. The SMILES string of the molecule is CC(=O)CN1C(=O)C2C(=Nc3n(CC4CCCO4)c(C)c[n+]32)N(C)C1=O. The predicted octanol–water partition coefficient (Wildman–Crippen LogP) is 0.331. The molecule has 3 amide bonds. The van der Waals surface area contributed by atoms with Crippen molar-refractivity contribution < 1.29 is 23.7 Å². The number of carbonyl (C=O) groups excluding carboxylic acids is 3. The molecule has 2 atom stereocenters. The summed E-state index contributed by atoms with van der Waals surface area (Å²) in [6.07, 6.45) is 4.06. The third-order valence-corrected chi connectivity index (χ3v) is 5.11. The van der Waals surface area contributed by atoms with Crippen LogP contribution in [0.2, 0.25) is 0 Å². The van der Waals surface area contributed by atoms with Gasteiger partial charge in [0.15, 0.2) is 0 Å². The molecule has 0 bridgehead atoms. The highest BCUT2D eigenvalue weighted by Crippen LogP contribution is 2.30. The van der Waals surface area contributed by atoms with Crippen molar-refractivity contribution in [3.8, 4) is 0 Å². The second-order valence-electron chi connectivity index (χ2n) is 7.06. The third kappa shape index (κ3) is 2.45. The van der Waals surface area contributed by atoms with Crippen LogP contribution in [0.5, 0.6) is 0 Å². The van der Waals surface area contributed by atoms with E-state index >= 15 is 0 Å². The summed E-state index contributed by atoms with van der Waals surface area (Å²) in [6, 6.07) is -1.23. The summed E-state index contributed by atoms with van der Waals surface area (Å²) in [5, 5.41) is 0. The molecule has 0 saturated carbocycles. The van der Waals surface area contributed by atoms with Gasteiger partial charge in [0, 0.05) is 13.7 Å². The molecule has 1 aromatic heterocycles. The first-order valence-electron chi connectivity index (χ1n) is 8.78. The van der Waals surface area contributed by atoms with Crippen molar-refractivity contribution in [3.05, 3.63) is 11.9 Å². The Morgan fingerprint density at radius 1 is 1.42 bits per heavy atom. The summed E-state index contributed by atoms with van der Waals surface area (Å²) in [4.78, 5) is 43.8. The Labute approximate surface area is 150 Å². The van der Waals surface area contributed by atoms with Crippen LogP contribution in [0, 0.1) is 6.92 Å². The van der Waals surface area contributed by atoms with Crippen molar-refractivity contribution >= 4 is 29.5 Å². The van der Waals surface area contributed by atoms with Crippen molar-refractivity contribution in [2.45, 2.75) is 45.4 Å². The fourth-order valence-electron chi connectivity index (χ4n) is 3.82. The maximum absolute atomic E-state index is 12.9. The normalized spacial score (nSPS) is 24.8. The number of hydrogen-bond donors (Lipinski definition) is 0. The number of ether oxygens (including phenoxy) is 1. The van der Waals surface area contributed by atoms with Crippen LogP contribution in [0.15, 0.2) is 11.2 Å². The van der Waals surface area contributed by atoms with E-state index < -0.39 is 18.0 Å². The average molecular weight is 360 g/mol. The first-order valence-corrected chi connectivity index (χ1v) is 8.78. The van der Waals surface area contributed by atoms with Crippen molar-refractivity contribution in [1.82, 2.24) is 14.4 Å². The zero-order valence-corrected chi connectivity index (χ0v) is 15.1. The second kappa shape index (κ2) is 6.01. The summed E-state index contributed by atoms with van der Waals surface area (Å²) in [5.74, 6) is 0.377. The molecule has 9 nitrogen and oxygen atoms in total. The number of hydrogen-bond acceptors (Lipinski definition) is 5. The van der Waals surface area contributed by atoms with Gasteiger partial charge in [-0.3, -0.25) is 19.4 Å². The maximum atomic E-state index is 12.9. The van der Waals surface area contributed by atoms with Gasteiger partial charge < -0.3 is 4.74 Å². The summed E-state index contributed by atoms with van der Waals surface area (Å²) in [6.45, 7) is 4.54. The van der Waals surface area contributed by atoms with Crippen LogP contribution in [-0.2, 0) is 20.9 Å². The lowest BCUT2D eigenvalue weighted by atomic mass is 10.1. The number of likely N-dealkylation sites (N-methyl/N-ethyl adjacent to an activating group) is 1. The zero-order valence-electron chi connectivity index (χ0n) is 15.1. The number of fused-ring (bicyclic) bond motifs is 3. The van der Waals surface area contributed by atoms with Gasteiger partial charge in [-0.1, -0.05) is 4.99 Å². The lowest BCUT2D eigenvalue weighted by Crippen LogP contribution is -2.63. The quantitative estimate of drug-likeness (QED) is 0.724. The number of carbonyl (C=O) groups is 3. The molecule has 3 aliphatic heterocycles. The van der Waals surface area contributed by atoms with Crippen LogP contribution in [-0.4, -0.2) is 64.2 Å². The second-order valence-corrected chi connectivity index (χ2v) is 7.06. The first-order chi connectivity index (χ1) is 12.4. The van der Waals surface area contributed by atoms with Gasteiger partial charge in [0.25, 0.3) is 5.91 Å². The largest absolute Gasteiger partial charge is 0.402 e.